The summed E-state index contributed by atoms with van der Waals surface area (Å²) in [6, 6.07) is 10.7. The molecule has 0 radical (unpaired) electrons. The lowest BCUT2D eigenvalue weighted by Gasteiger charge is -2.31. The molecule has 7 nitrogen and oxygen atoms in total. The Hall–Kier alpha value is -1.49. The molecule has 2 aromatic rings. The minimum absolute atomic E-state index is 0. The van der Waals surface area contributed by atoms with Gasteiger partial charge in [-0.3, -0.25) is 4.21 Å². The smallest absolute Gasteiger partial charge is 0.192 e. The van der Waals surface area contributed by atoms with Crippen LogP contribution in [-0.4, -0.2) is 42.0 Å². The lowest BCUT2D eigenvalue weighted by molar-refractivity contribution is 0.411. The van der Waals surface area contributed by atoms with E-state index in [9.17, 15) is 4.21 Å². The van der Waals surface area contributed by atoms with Gasteiger partial charge in [0.05, 0.1) is 6.04 Å². The highest BCUT2D eigenvalue weighted by atomic mass is 127. The number of hydrogen-bond acceptors (Lipinski definition) is 4. The zero-order chi connectivity index (χ0) is 21.5. The second-order valence-electron chi connectivity index (χ2n) is 7.96. The molecule has 0 bridgehead atoms. The maximum absolute atomic E-state index is 12.3. The predicted octanol–water partition coefficient (Wildman–Crippen LogP) is 3.62. The Morgan fingerprint density at radius 3 is 2.68 bits per heavy atom. The summed E-state index contributed by atoms with van der Waals surface area (Å²) in [5.41, 5.74) is 1.20. The van der Waals surface area contributed by atoms with Crippen molar-refractivity contribution in [3.05, 3.63) is 47.5 Å². The molecule has 1 saturated carbocycles. The van der Waals surface area contributed by atoms with Crippen molar-refractivity contribution in [2.75, 3.05) is 5.75 Å². The van der Waals surface area contributed by atoms with Gasteiger partial charge in [-0.1, -0.05) is 43.7 Å². The number of nitrogens with zero attached hydrogens (tertiary/aromatic N) is 4. The van der Waals surface area contributed by atoms with Crippen molar-refractivity contribution in [2.24, 2.45) is 12.0 Å². The Morgan fingerprint density at radius 1 is 1.29 bits per heavy atom. The molecule has 3 rings (SSSR count). The quantitative estimate of drug-likeness (QED) is 0.308. The van der Waals surface area contributed by atoms with Crippen molar-refractivity contribution in [3.63, 3.8) is 0 Å². The highest BCUT2D eigenvalue weighted by molar-refractivity contribution is 14.0. The SMILES string of the molecule is CCS(=O)C1CCCC(NC(=NCc2nnc(C)n2C)NC(C)c2ccccc2)C1.I. The van der Waals surface area contributed by atoms with Crippen LogP contribution in [0, 0.1) is 6.92 Å². The minimum atomic E-state index is -0.745. The largest absolute Gasteiger partial charge is 0.354 e. The molecule has 4 unspecified atom stereocenters. The third-order valence-corrected chi connectivity index (χ3v) is 7.58. The molecule has 1 aromatic heterocycles. The van der Waals surface area contributed by atoms with E-state index in [1.165, 1.54) is 5.56 Å². The Morgan fingerprint density at radius 2 is 2.03 bits per heavy atom. The molecular weight excluding hydrogens is 523 g/mol. The minimum Gasteiger partial charge on any atom is -0.354 e. The molecule has 1 fully saturated rings. The van der Waals surface area contributed by atoms with E-state index in [0.717, 1.165) is 49.0 Å². The van der Waals surface area contributed by atoms with E-state index in [1.54, 1.807) is 0 Å². The molecule has 2 N–H and O–H groups in total. The molecule has 31 heavy (non-hydrogen) atoms. The van der Waals surface area contributed by atoms with Crippen molar-refractivity contribution in [1.29, 1.82) is 0 Å². The Kier molecular flexibility index (Phi) is 10.4. The number of aromatic nitrogens is 3. The van der Waals surface area contributed by atoms with E-state index < -0.39 is 10.8 Å². The number of rotatable bonds is 7. The first kappa shape index (κ1) is 25.8. The molecule has 1 aliphatic carbocycles. The zero-order valence-electron chi connectivity index (χ0n) is 18.9. The van der Waals surface area contributed by atoms with Gasteiger partial charge < -0.3 is 15.2 Å². The zero-order valence-corrected chi connectivity index (χ0v) is 22.0. The number of guanidine groups is 1. The van der Waals surface area contributed by atoms with Crippen molar-refractivity contribution >= 4 is 40.7 Å². The molecule has 4 atom stereocenters. The molecule has 1 aliphatic rings. The first-order chi connectivity index (χ1) is 14.5. The number of aryl methyl sites for hydroxylation is 1. The van der Waals surface area contributed by atoms with Crippen LogP contribution in [0.25, 0.3) is 0 Å². The Labute approximate surface area is 205 Å². The summed E-state index contributed by atoms with van der Waals surface area (Å²) < 4.78 is 14.3. The Bertz CT molecular complexity index is 872. The fourth-order valence-corrected chi connectivity index (χ4v) is 5.19. The lowest BCUT2D eigenvalue weighted by Crippen LogP contribution is -2.47. The van der Waals surface area contributed by atoms with Crippen LogP contribution in [0.4, 0.5) is 0 Å². The molecule has 9 heteroatoms. The average molecular weight is 559 g/mol. The van der Waals surface area contributed by atoms with Crippen molar-refractivity contribution in [3.8, 4) is 0 Å². The van der Waals surface area contributed by atoms with Crippen molar-refractivity contribution in [2.45, 2.75) is 70.3 Å². The van der Waals surface area contributed by atoms with Crippen LogP contribution in [0.5, 0.6) is 0 Å². The first-order valence-electron chi connectivity index (χ1n) is 10.8. The van der Waals surface area contributed by atoms with Crippen LogP contribution >= 0.6 is 24.0 Å². The van der Waals surface area contributed by atoms with Gasteiger partial charge in [-0.15, -0.1) is 34.2 Å². The summed E-state index contributed by atoms with van der Waals surface area (Å²) in [7, 11) is 1.21. The van der Waals surface area contributed by atoms with Gasteiger partial charge in [-0.05, 0) is 38.7 Å². The van der Waals surface area contributed by atoms with Crippen molar-refractivity contribution < 1.29 is 4.21 Å². The van der Waals surface area contributed by atoms with Gasteiger partial charge in [-0.2, -0.15) is 0 Å². The number of nitrogens with one attached hydrogen (secondary N) is 2. The summed E-state index contributed by atoms with van der Waals surface area (Å²) in [5, 5.41) is 15.8. The molecule has 1 aromatic carbocycles. The molecule has 0 amide bonds. The van der Waals surface area contributed by atoms with Gasteiger partial charge in [0.15, 0.2) is 11.8 Å². The summed E-state index contributed by atoms with van der Waals surface area (Å²) in [5.74, 6) is 3.19. The maximum atomic E-state index is 12.3. The van der Waals surface area contributed by atoms with Crippen LogP contribution in [-0.2, 0) is 24.4 Å². The summed E-state index contributed by atoms with van der Waals surface area (Å²) >= 11 is 0. The predicted molar refractivity (Wildman–Crippen MR) is 138 cm³/mol. The number of aliphatic imine (C=N–C) groups is 1. The van der Waals surface area contributed by atoms with Gasteiger partial charge in [0.2, 0.25) is 0 Å². The number of hydrogen-bond donors (Lipinski definition) is 2. The van der Waals surface area contributed by atoms with Crippen LogP contribution in [0.3, 0.4) is 0 Å². The van der Waals surface area contributed by atoms with Gasteiger partial charge in [0, 0.05) is 34.9 Å². The van der Waals surface area contributed by atoms with Crippen molar-refractivity contribution in [1.82, 2.24) is 25.4 Å². The van der Waals surface area contributed by atoms with Crippen LogP contribution < -0.4 is 10.6 Å². The third-order valence-electron chi connectivity index (χ3n) is 5.84. The number of benzene rings is 1. The van der Waals surface area contributed by atoms with E-state index in [0.29, 0.717) is 6.54 Å². The fourth-order valence-electron chi connectivity index (χ4n) is 3.85. The van der Waals surface area contributed by atoms with E-state index in [1.807, 2.05) is 43.7 Å². The van der Waals surface area contributed by atoms with E-state index in [-0.39, 0.29) is 41.3 Å². The van der Waals surface area contributed by atoms with Gasteiger partial charge >= 0.3 is 0 Å². The molecule has 0 aliphatic heterocycles. The second kappa shape index (κ2) is 12.5. The van der Waals surface area contributed by atoms with Crippen LogP contribution in [0.2, 0.25) is 0 Å². The van der Waals surface area contributed by atoms with Gasteiger partial charge in [0.25, 0.3) is 0 Å². The third kappa shape index (κ3) is 7.27. The van der Waals surface area contributed by atoms with Gasteiger partial charge in [0.1, 0.15) is 12.4 Å². The van der Waals surface area contributed by atoms with Crippen LogP contribution in [0.1, 0.15) is 62.8 Å². The topological polar surface area (TPSA) is 84.2 Å². The molecule has 1 heterocycles. The normalized spacial score (nSPS) is 21.1. The summed E-state index contributed by atoms with van der Waals surface area (Å²) in [6.07, 6.45) is 4.14. The monoisotopic (exact) mass is 558 g/mol. The lowest BCUT2D eigenvalue weighted by atomic mass is 9.95. The molecule has 172 valence electrons. The highest BCUT2D eigenvalue weighted by Crippen LogP contribution is 2.23. The Balaban J connectivity index is 0.00000341. The van der Waals surface area contributed by atoms with E-state index in [2.05, 4.69) is 39.9 Å². The second-order valence-corrected chi connectivity index (χ2v) is 9.97. The van der Waals surface area contributed by atoms with E-state index in [4.69, 9.17) is 4.99 Å². The average Bonchev–Trinajstić information content (AvgIpc) is 3.09. The highest BCUT2D eigenvalue weighted by Gasteiger charge is 2.26. The fraction of sp³-hybridized carbons (Fsp3) is 0.591. The molecular formula is C22H35IN6OS. The molecule has 0 spiro atoms. The first-order valence-corrected chi connectivity index (χ1v) is 12.2. The maximum Gasteiger partial charge on any atom is 0.192 e. The summed E-state index contributed by atoms with van der Waals surface area (Å²) in [6.45, 7) is 6.52. The standard InChI is InChI=1S/C22H34N6OS.HI/c1-5-30(29)20-13-9-12-19(14-20)25-22(23-15-21-27-26-17(3)28(21)4)24-16(2)18-10-7-6-8-11-18;/h6-8,10-11,16,19-20H,5,9,12-15H2,1-4H3,(H2,23,24,25);1H. The molecule has 0 saturated heterocycles. The van der Waals surface area contributed by atoms with Crippen LogP contribution in [0.15, 0.2) is 35.3 Å². The number of halogens is 1. The van der Waals surface area contributed by atoms with E-state index >= 15 is 0 Å². The summed E-state index contributed by atoms with van der Waals surface area (Å²) in [4.78, 5) is 4.81. The van der Waals surface area contributed by atoms with Gasteiger partial charge in [-0.25, -0.2) is 4.99 Å².